The van der Waals surface area contributed by atoms with Crippen molar-refractivity contribution < 1.29 is 0 Å². The van der Waals surface area contributed by atoms with Crippen LogP contribution < -0.4 is 0 Å². The Kier molecular flexibility index (Phi) is 4.45. The van der Waals surface area contributed by atoms with E-state index < -0.39 is 0 Å². The van der Waals surface area contributed by atoms with E-state index in [1.807, 2.05) is 26.2 Å². The van der Waals surface area contributed by atoms with Crippen molar-refractivity contribution >= 4 is 24.2 Å². The number of hydrogen-bond acceptors (Lipinski definition) is 3. The lowest BCUT2D eigenvalue weighted by atomic mass is 10.4. The zero-order valence-corrected chi connectivity index (χ0v) is 8.42. The molecule has 0 N–H and O–H groups in total. The predicted octanol–water partition coefficient (Wildman–Crippen LogP) is 2.24. The van der Waals surface area contributed by atoms with Crippen LogP contribution in [0.15, 0.2) is 11.2 Å². The molecule has 1 heterocycles. The number of aromatic nitrogens is 2. The summed E-state index contributed by atoms with van der Waals surface area (Å²) in [7, 11) is 0. The fraction of sp³-hybridized carbons (Fsp3) is 0.429. The topological polar surface area (TPSA) is 25.8 Å². The molecular weight excluding hydrogens is 180 g/mol. The Morgan fingerprint density at radius 3 is 2.00 bits per heavy atom. The van der Waals surface area contributed by atoms with Gasteiger partial charge >= 0.3 is 0 Å². The molecule has 1 aromatic rings. The quantitative estimate of drug-likeness (QED) is 0.502. The molecule has 0 saturated heterocycles. The molecular formula is C7H11ClN2S. The van der Waals surface area contributed by atoms with Gasteiger partial charge in [-0.05, 0) is 26.2 Å². The molecule has 11 heavy (non-hydrogen) atoms. The van der Waals surface area contributed by atoms with Crippen LogP contribution in [0.5, 0.6) is 0 Å². The second-order valence-corrected chi connectivity index (χ2v) is 2.91. The van der Waals surface area contributed by atoms with Crippen LogP contribution in [0.2, 0.25) is 0 Å². The Balaban J connectivity index is 0.000001000. The van der Waals surface area contributed by atoms with E-state index in [9.17, 15) is 0 Å². The molecule has 0 atom stereocenters. The van der Waals surface area contributed by atoms with Crippen molar-refractivity contribution in [3.05, 3.63) is 17.5 Å². The monoisotopic (exact) mass is 190 g/mol. The highest BCUT2D eigenvalue weighted by Gasteiger charge is 1.94. The second-order valence-electron chi connectivity index (χ2n) is 2.14. The molecule has 1 rings (SSSR count). The molecule has 0 fully saturated rings. The van der Waals surface area contributed by atoms with Gasteiger partial charge in [-0.15, -0.1) is 12.4 Å². The molecule has 0 unspecified atom stereocenters. The van der Waals surface area contributed by atoms with E-state index in [1.165, 1.54) is 0 Å². The third kappa shape index (κ3) is 3.08. The Bertz CT molecular complexity index is 220. The molecule has 0 aliphatic heterocycles. The minimum Gasteiger partial charge on any atom is -0.228 e. The summed E-state index contributed by atoms with van der Waals surface area (Å²) in [6, 6.07) is 1.97. The van der Waals surface area contributed by atoms with Crippen LogP contribution >= 0.6 is 24.2 Å². The van der Waals surface area contributed by atoms with E-state index in [2.05, 4.69) is 9.97 Å². The van der Waals surface area contributed by atoms with Gasteiger partial charge in [0, 0.05) is 11.4 Å². The summed E-state index contributed by atoms with van der Waals surface area (Å²) in [5.41, 5.74) is 2.08. The Morgan fingerprint density at radius 2 is 1.64 bits per heavy atom. The van der Waals surface area contributed by atoms with Crippen molar-refractivity contribution in [1.29, 1.82) is 0 Å². The van der Waals surface area contributed by atoms with Crippen LogP contribution in [0, 0.1) is 13.8 Å². The van der Waals surface area contributed by atoms with Gasteiger partial charge in [0.15, 0.2) is 5.16 Å². The average Bonchev–Trinajstić information content (AvgIpc) is 1.85. The summed E-state index contributed by atoms with van der Waals surface area (Å²) in [4.78, 5) is 8.41. The van der Waals surface area contributed by atoms with E-state index >= 15 is 0 Å². The van der Waals surface area contributed by atoms with Crippen LogP contribution in [0.25, 0.3) is 0 Å². The number of nitrogens with zero attached hydrogens (tertiary/aromatic N) is 2. The predicted molar refractivity (Wildman–Crippen MR) is 50.5 cm³/mol. The molecule has 0 bridgehead atoms. The van der Waals surface area contributed by atoms with E-state index in [-0.39, 0.29) is 12.4 Å². The number of thioether (sulfide) groups is 1. The van der Waals surface area contributed by atoms with Crippen LogP contribution in [0.3, 0.4) is 0 Å². The highest BCUT2D eigenvalue weighted by Crippen LogP contribution is 2.08. The fourth-order valence-electron chi connectivity index (χ4n) is 0.785. The van der Waals surface area contributed by atoms with Crippen LogP contribution in [0.1, 0.15) is 11.4 Å². The van der Waals surface area contributed by atoms with Gasteiger partial charge in [-0.3, -0.25) is 0 Å². The van der Waals surface area contributed by atoms with Crippen LogP contribution in [-0.2, 0) is 0 Å². The number of rotatable bonds is 1. The molecule has 0 radical (unpaired) electrons. The molecule has 0 spiro atoms. The van der Waals surface area contributed by atoms with Crippen molar-refractivity contribution in [3.8, 4) is 0 Å². The molecule has 0 saturated carbocycles. The number of hydrogen-bond donors (Lipinski definition) is 0. The summed E-state index contributed by atoms with van der Waals surface area (Å²) in [6.45, 7) is 3.96. The van der Waals surface area contributed by atoms with Gasteiger partial charge in [0.05, 0.1) is 0 Å². The second kappa shape index (κ2) is 4.57. The van der Waals surface area contributed by atoms with Crippen molar-refractivity contribution in [3.63, 3.8) is 0 Å². The Labute approximate surface area is 77.2 Å². The van der Waals surface area contributed by atoms with E-state index in [0.29, 0.717) is 0 Å². The van der Waals surface area contributed by atoms with E-state index in [1.54, 1.807) is 11.8 Å². The van der Waals surface area contributed by atoms with Crippen molar-refractivity contribution in [2.75, 3.05) is 6.26 Å². The van der Waals surface area contributed by atoms with E-state index in [4.69, 9.17) is 0 Å². The molecule has 0 amide bonds. The first-order valence-electron chi connectivity index (χ1n) is 3.08. The first kappa shape index (κ1) is 10.7. The third-order valence-corrected chi connectivity index (χ3v) is 1.69. The average molecular weight is 191 g/mol. The minimum absolute atomic E-state index is 0. The zero-order valence-electron chi connectivity index (χ0n) is 6.79. The normalized spacial score (nSPS) is 9.00. The van der Waals surface area contributed by atoms with Gasteiger partial charge in [-0.25, -0.2) is 9.97 Å². The lowest BCUT2D eigenvalue weighted by Crippen LogP contribution is -1.91. The molecule has 4 heteroatoms. The zero-order chi connectivity index (χ0) is 7.56. The smallest absolute Gasteiger partial charge is 0.187 e. The highest BCUT2D eigenvalue weighted by molar-refractivity contribution is 7.98. The van der Waals surface area contributed by atoms with Crippen LogP contribution in [0.4, 0.5) is 0 Å². The summed E-state index contributed by atoms with van der Waals surface area (Å²) in [5, 5.41) is 0.859. The third-order valence-electron chi connectivity index (χ3n) is 1.14. The van der Waals surface area contributed by atoms with Crippen LogP contribution in [-0.4, -0.2) is 16.2 Å². The van der Waals surface area contributed by atoms with Gasteiger partial charge in [0.25, 0.3) is 0 Å². The molecule has 2 nitrogen and oxygen atoms in total. The van der Waals surface area contributed by atoms with Gasteiger partial charge in [0.1, 0.15) is 0 Å². The van der Waals surface area contributed by atoms with Gasteiger partial charge in [-0.2, -0.15) is 0 Å². The van der Waals surface area contributed by atoms with Crippen molar-refractivity contribution in [2.24, 2.45) is 0 Å². The molecule has 0 aliphatic carbocycles. The number of aryl methyl sites for hydroxylation is 2. The minimum atomic E-state index is 0. The van der Waals surface area contributed by atoms with Gasteiger partial charge < -0.3 is 0 Å². The maximum atomic E-state index is 4.20. The molecule has 1 aromatic heterocycles. The summed E-state index contributed by atoms with van der Waals surface area (Å²) in [5.74, 6) is 0. The Morgan fingerprint density at radius 1 is 1.18 bits per heavy atom. The van der Waals surface area contributed by atoms with Crippen molar-refractivity contribution in [1.82, 2.24) is 9.97 Å². The lowest BCUT2D eigenvalue weighted by molar-refractivity contribution is 0.904. The molecule has 62 valence electrons. The first-order chi connectivity index (χ1) is 4.72. The van der Waals surface area contributed by atoms with E-state index in [0.717, 1.165) is 16.5 Å². The first-order valence-corrected chi connectivity index (χ1v) is 4.31. The van der Waals surface area contributed by atoms with Gasteiger partial charge in [0.2, 0.25) is 0 Å². The lowest BCUT2D eigenvalue weighted by Gasteiger charge is -1.97. The maximum Gasteiger partial charge on any atom is 0.187 e. The summed E-state index contributed by atoms with van der Waals surface area (Å²) >= 11 is 1.57. The molecule has 0 aliphatic rings. The largest absolute Gasteiger partial charge is 0.228 e. The van der Waals surface area contributed by atoms with Crippen molar-refractivity contribution in [2.45, 2.75) is 19.0 Å². The fourth-order valence-corrected chi connectivity index (χ4v) is 1.26. The number of halogens is 1. The van der Waals surface area contributed by atoms with Gasteiger partial charge in [-0.1, -0.05) is 11.8 Å². The molecule has 0 aromatic carbocycles. The summed E-state index contributed by atoms with van der Waals surface area (Å²) < 4.78 is 0. The SMILES string of the molecule is CSc1nc(C)cc(C)n1.Cl. The summed E-state index contributed by atoms with van der Waals surface area (Å²) in [6.07, 6.45) is 1.98. The Hall–Kier alpha value is -0.280. The highest BCUT2D eigenvalue weighted by atomic mass is 35.5. The maximum absolute atomic E-state index is 4.20. The standard InChI is InChI=1S/C7H10N2S.ClH/c1-5-4-6(2)9-7(8-5)10-3;/h4H,1-3H3;1H.